The Hall–Kier alpha value is -0.830. The molecule has 0 amide bonds. The molecule has 3 nitrogen and oxygen atoms in total. The Morgan fingerprint density at radius 2 is 2.30 bits per heavy atom. The first-order valence-electron chi connectivity index (χ1n) is 3.34. The minimum absolute atomic E-state index is 0.0273. The van der Waals surface area contributed by atoms with Gasteiger partial charge >= 0.3 is 0 Å². The summed E-state index contributed by atoms with van der Waals surface area (Å²) in [7, 11) is 0. The van der Waals surface area contributed by atoms with Gasteiger partial charge in [-0.15, -0.1) is 0 Å². The van der Waals surface area contributed by atoms with Gasteiger partial charge in [-0.2, -0.15) is 0 Å². The fourth-order valence-corrected chi connectivity index (χ4v) is 1.01. The van der Waals surface area contributed by atoms with Gasteiger partial charge in [-0.05, 0) is 13.3 Å². The molecule has 0 aliphatic heterocycles. The maximum Gasteiger partial charge on any atom is 0.137 e. The second-order valence-electron chi connectivity index (χ2n) is 2.18. The second kappa shape index (κ2) is 2.84. The van der Waals surface area contributed by atoms with E-state index in [2.05, 4.69) is 5.16 Å². The molecule has 1 N–H and O–H groups in total. The van der Waals surface area contributed by atoms with E-state index >= 15 is 0 Å². The number of rotatable bonds is 2. The van der Waals surface area contributed by atoms with Gasteiger partial charge in [-0.25, -0.2) is 0 Å². The van der Waals surface area contributed by atoms with Crippen molar-refractivity contribution in [2.24, 2.45) is 0 Å². The van der Waals surface area contributed by atoms with E-state index in [9.17, 15) is 0 Å². The van der Waals surface area contributed by atoms with Crippen LogP contribution in [0.15, 0.2) is 4.52 Å². The summed E-state index contributed by atoms with van der Waals surface area (Å²) in [5, 5.41) is 12.4. The molecule has 0 aromatic carbocycles. The number of nitrogens with zero attached hydrogens (tertiary/aromatic N) is 1. The quantitative estimate of drug-likeness (QED) is 0.669. The highest BCUT2D eigenvalue weighted by Gasteiger charge is 2.08. The average molecular weight is 141 g/mol. The number of hydrogen-bond acceptors (Lipinski definition) is 3. The molecule has 0 aliphatic carbocycles. The van der Waals surface area contributed by atoms with E-state index in [1.807, 2.05) is 13.8 Å². The van der Waals surface area contributed by atoms with Crippen LogP contribution in [-0.4, -0.2) is 10.3 Å². The van der Waals surface area contributed by atoms with Crippen molar-refractivity contribution in [3.05, 3.63) is 17.0 Å². The lowest BCUT2D eigenvalue weighted by molar-refractivity contribution is 0.265. The van der Waals surface area contributed by atoms with Crippen molar-refractivity contribution in [1.29, 1.82) is 0 Å². The minimum Gasteiger partial charge on any atom is -0.390 e. The summed E-state index contributed by atoms with van der Waals surface area (Å²) in [5.41, 5.74) is 1.70. The Bertz CT molecular complexity index is 217. The monoisotopic (exact) mass is 141 g/mol. The van der Waals surface area contributed by atoms with E-state index in [1.165, 1.54) is 0 Å². The first kappa shape index (κ1) is 7.28. The van der Waals surface area contributed by atoms with Crippen LogP contribution in [0.2, 0.25) is 0 Å². The highest BCUT2D eigenvalue weighted by Crippen LogP contribution is 2.12. The zero-order valence-corrected chi connectivity index (χ0v) is 6.22. The van der Waals surface area contributed by atoms with Crippen LogP contribution in [0.3, 0.4) is 0 Å². The number of aromatic nitrogens is 1. The van der Waals surface area contributed by atoms with Crippen molar-refractivity contribution >= 4 is 0 Å². The normalized spacial score (nSPS) is 10.3. The molecular weight excluding hydrogens is 130 g/mol. The van der Waals surface area contributed by atoms with Gasteiger partial charge in [0.1, 0.15) is 11.5 Å². The van der Waals surface area contributed by atoms with Crippen LogP contribution in [0.5, 0.6) is 0 Å². The molecule has 0 spiro atoms. The molecule has 0 bridgehead atoms. The summed E-state index contributed by atoms with van der Waals surface area (Å²) < 4.78 is 4.87. The van der Waals surface area contributed by atoms with Crippen LogP contribution in [0, 0.1) is 6.92 Å². The molecule has 10 heavy (non-hydrogen) atoms. The summed E-state index contributed by atoms with van der Waals surface area (Å²) in [4.78, 5) is 0. The fraction of sp³-hybridized carbons (Fsp3) is 0.571. The number of aliphatic hydroxyl groups excluding tert-OH is 1. The molecule has 1 heterocycles. The molecule has 0 fully saturated rings. The van der Waals surface area contributed by atoms with Crippen molar-refractivity contribution < 1.29 is 9.63 Å². The van der Waals surface area contributed by atoms with Crippen LogP contribution < -0.4 is 0 Å². The standard InChI is InChI=1S/C7H11NO2/c1-3-6-5(2)10-8-7(6)4-9/h9H,3-4H2,1-2H3. The molecule has 3 heteroatoms. The van der Waals surface area contributed by atoms with Gasteiger partial charge in [0, 0.05) is 5.56 Å². The number of hydrogen-bond donors (Lipinski definition) is 1. The lowest BCUT2D eigenvalue weighted by Crippen LogP contribution is -1.89. The molecule has 1 aromatic heterocycles. The van der Waals surface area contributed by atoms with E-state index in [1.54, 1.807) is 0 Å². The van der Waals surface area contributed by atoms with E-state index in [0.717, 1.165) is 17.7 Å². The third-order valence-corrected chi connectivity index (χ3v) is 1.57. The number of aryl methyl sites for hydroxylation is 1. The lowest BCUT2D eigenvalue weighted by atomic mass is 10.1. The topological polar surface area (TPSA) is 46.3 Å². The van der Waals surface area contributed by atoms with Gasteiger partial charge in [0.15, 0.2) is 0 Å². The van der Waals surface area contributed by atoms with Gasteiger partial charge in [-0.3, -0.25) is 0 Å². The van der Waals surface area contributed by atoms with Gasteiger partial charge in [0.05, 0.1) is 6.61 Å². The van der Waals surface area contributed by atoms with Crippen LogP contribution in [0.25, 0.3) is 0 Å². The van der Waals surface area contributed by atoms with Crippen molar-refractivity contribution in [2.45, 2.75) is 26.9 Å². The minimum atomic E-state index is -0.0273. The van der Waals surface area contributed by atoms with Gasteiger partial charge in [0.25, 0.3) is 0 Å². The van der Waals surface area contributed by atoms with Crippen molar-refractivity contribution in [3.8, 4) is 0 Å². The summed E-state index contributed by atoms with van der Waals surface area (Å²) in [5.74, 6) is 0.812. The molecule has 56 valence electrons. The third-order valence-electron chi connectivity index (χ3n) is 1.57. The Labute approximate surface area is 59.7 Å². The molecule has 0 atom stereocenters. The van der Waals surface area contributed by atoms with Crippen LogP contribution in [-0.2, 0) is 13.0 Å². The second-order valence-corrected chi connectivity index (χ2v) is 2.18. The van der Waals surface area contributed by atoms with Crippen molar-refractivity contribution in [2.75, 3.05) is 0 Å². The molecule has 0 saturated heterocycles. The maximum atomic E-state index is 8.74. The van der Waals surface area contributed by atoms with Gasteiger partial charge < -0.3 is 9.63 Å². The molecule has 0 radical (unpaired) electrons. The molecule has 0 unspecified atom stereocenters. The Kier molecular flexibility index (Phi) is 2.06. The lowest BCUT2D eigenvalue weighted by Gasteiger charge is -1.91. The highest BCUT2D eigenvalue weighted by atomic mass is 16.5. The molecule has 1 aromatic rings. The summed E-state index contributed by atoms with van der Waals surface area (Å²) in [6.07, 6.45) is 0.866. The smallest absolute Gasteiger partial charge is 0.137 e. The van der Waals surface area contributed by atoms with Crippen molar-refractivity contribution in [3.63, 3.8) is 0 Å². The van der Waals surface area contributed by atoms with E-state index < -0.39 is 0 Å². The van der Waals surface area contributed by atoms with Crippen LogP contribution >= 0.6 is 0 Å². The Morgan fingerprint density at radius 1 is 1.60 bits per heavy atom. The predicted octanol–water partition coefficient (Wildman–Crippen LogP) is 1.04. The number of aliphatic hydroxyl groups is 1. The first-order valence-corrected chi connectivity index (χ1v) is 3.34. The van der Waals surface area contributed by atoms with Gasteiger partial charge in [-0.1, -0.05) is 12.1 Å². The molecular formula is C7H11NO2. The summed E-state index contributed by atoms with van der Waals surface area (Å²) >= 11 is 0. The van der Waals surface area contributed by atoms with E-state index in [0.29, 0.717) is 5.69 Å². The SMILES string of the molecule is CCc1c(CO)noc1C. The molecule has 1 rings (SSSR count). The Morgan fingerprint density at radius 3 is 2.70 bits per heavy atom. The zero-order chi connectivity index (χ0) is 7.56. The van der Waals surface area contributed by atoms with Crippen molar-refractivity contribution in [1.82, 2.24) is 5.16 Å². The maximum absolute atomic E-state index is 8.74. The molecule has 0 aliphatic rings. The van der Waals surface area contributed by atoms with E-state index in [4.69, 9.17) is 9.63 Å². The fourth-order valence-electron chi connectivity index (χ4n) is 1.01. The van der Waals surface area contributed by atoms with E-state index in [-0.39, 0.29) is 6.61 Å². The Balaban J connectivity index is 3.01. The molecule has 0 saturated carbocycles. The van der Waals surface area contributed by atoms with Crippen LogP contribution in [0.1, 0.15) is 23.9 Å². The predicted molar refractivity (Wildman–Crippen MR) is 36.5 cm³/mol. The third kappa shape index (κ3) is 1.04. The van der Waals surface area contributed by atoms with Crippen LogP contribution in [0.4, 0.5) is 0 Å². The summed E-state index contributed by atoms with van der Waals surface area (Å²) in [6.45, 7) is 3.84. The largest absolute Gasteiger partial charge is 0.390 e. The summed E-state index contributed by atoms with van der Waals surface area (Å²) in [6, 6.07) is 0. The average Bonchev–Trinajstić information content (AvgIpc) is 2.30. The zero-order valence-electron chi connectivity index (χ0n) is 6.22. The first-order chi connectivity index (χ1) is 4.79. The highest BCUT2D eigenvalue weighted by molar-refractivity contribution is 5.20. The van der Waals surface area contributed by atoms with Gasteiger partial charge in [0.2, 0.25) is 0 Å².